The number of benzene rings is 2. The summed E-state index contributed by atoms with van der Waals surface area (Å²) < 4.78 is 63.0. The molecule has 0 aliphatic carbocycles. The van der Waals surface area contributed by atoms with Crippen LogP contribution in [-0.4, -0.2) is 40.9 Å². The molecule has 158 valence electrons. The predicted octanol–water partition coefficient (Wildman–Crippen LogP) is 2.09. The van der Waals surface area contributed by atoms with E-state index in [9.17, 15) is 21.4 Å². The van der Waals surface area contributed by atoms with Crippen LogP contribution in [0.25, 0.3) is 0 Å². The second-order valence-electron chi connectivity index (χ2n) is 5.77. The van der Waals surface area contributed by atoms with E-state index in [1.54, 1.807) is 0 Å². The minimum atomic E-state index is -4.48. The number of halogens is 1. The van der Waals surface area contributed by atoms with E-state index in [4.69, 9.17) is 21.9 Å². The van der Waals surface area contributed by atoms with Crippen molar-refractivity contribution in [3.05, 3.63) is 47.7 Å². The number of hydrogen-bond acceptors (Lipinski definition) is 10. The fourth-order valence-corrected chi connectivity index (χ4v) is 3.47. The molecule has 0 spiro atoms. The minimum absolute atomic E-state index is 0.0176. The summed E-state index contributed by atoms with van der Waals surface area (Å²) >= 11 is 5.89. The highest BCUT2D eigenvalue weighted by molar-refractivity contribution is 7.86. The first kappa shape index (κ1) is 21.7. The highest BCUT2D eigenvalue weighted by atomic mass is 35.5. The zero-order valence-corrected chi connectivity index (χ0v) is 17.1. The fraction of sp³-hybridized carbons (Fsp3) is 0. The lowest BCUT2D eigenvalue weighted by Crippen LogP contribution is -2.06. The number of rotatable bonds is 6. The lowest BCUT2D eigenvalue weighted by Gasteiger charge is -2.10. The van der Waals surface area contributed by atoms with Crippen molar-refractivity contribution in [3.63, 3.8) is 0 Å². The largest absolute Gasteiger partial charge is 0.399 e. The van der Waals surface area contributed by atoms with Crippen LogP contribution in [0.3, 0.4) is 0 Å². The van der Waals surface area contributed by atoms with Crippen molar-refractivity contribution in [2.45, 2.75) is 9.79 Å². The average molecular weight is 473 g/mol. The lowest BCUT2D eigenvalue weighted by molar-refractivity contribution is 0.481. The number of nitrogens with zero attached hydrogens (tertiary/aromatic N) is 3. The molecule has 0 bridgehead atoms. The second-order valence-corrected chi connectivity index (χ2v) is 8.95. The summed E-state index contributed by atoms with van der Waals surface area (Å²) in [5.41, 5.74) is 6.25. The van der Waals surface area contributed by atoms with Crippen LogP contribution < -0.4 is 16.4 Å². The molecule has 0 amide bonds. The van der Waals surface area contributed by atoms with E-state index in [0.717, 1.165) is 12.1 Å². The van der Waals surface area contributed by atoms with Gasteiger partial charge in [0.05, 0.1) is 9.79 Å². The first-order valence-electron chi connectivity index (χ1n) is 7.81. The summed E-state index contributed by atoms with van der Waals surface area (Å²) in [6, 6.07) is 8.64. The Morgan fingerprint density at radius 1 is 0.767 bits per heavy atom. The zero-order chi connectivity index (χ0) is 22.1. The first-order valence-corrected chi connectivity index (χ1v) is 11.1. The Kier molecular flexibility index (Phi) is 5.78. The summed E-state index contributed by atoms with van der Waals surface area (Å²) in [5.74, 6) is -0.0880. The Morgan fingerprint density at radius 3 is 1.83 bits per heavy atom. The molecule has 1 aromatic heterocycles. The number of nitrogens with one attached hydrogen (secondary N) is 2. The Morgan fingerprint density at radius 2 is 1.30 bits per heavy atom. The van der Waals surface area contributed by atoms with Gasteiger partial charge in [-0.3, -0.25) is 9.11 Å². The molecule has 15 heteroatoms. The van der Waals surface area contributed by atoms with Crippen LogP contribution in [0.1, 0.15) is 0 Å². The van der Waals surface area contributed by atoms with Crippen molar-refractivity contribution in [3.8, 4) is 0 Å². The smallest absolute Gasteiger partial charge is 0.294 e. The third-order valence-corrected chi connectivity index (χ3v) is 5.37. The lowest BCUT2D eigenvalue weighted by atomic mass is 10.3. The molecule has 1 heterocycles. The highest BCUT2D eigenvalue weighted by Crippen LogP contribution is 2.24. The van der Waals surface area contributed by atoms with Gasteiger partial charge in [0.25, 0.3) is 20.2 Å². The summed E-state index contributed by atoms with van der Waals surface area (Å²) in [4.78, 5) is 11.1. The van der Waals surface area contributed by atoms with E-state index in [1.807, 2.05) is 0 Å². The molecule has 6 N–H and O–H groups in total. The fourth-order valence-electron chi connectivity index (χ4n) is 2.27. The van der Waals surface area contributed by atoms with Crippen molar-refractivity contribution in [2.75, 3.05) is 16.4 Å². The van der Waals surface area contributed by atoms with Gasteiger partial charge in [-0.2, -0.15) is 31.8 Å². The van der Waals surface area contributed by atoms with Crippen molar-refractivity contribution < 1.29 is 25.9 Å². The maximum absolute atomic E-state index is 11.3. The molecule has 0 aliphatic rings. The van der Waals surface area contributed by atoms with Gasteiger partial charge in [-0.1, -0.05) is 0 Å². The topological polar surface area (TPSA) is 197 Å². The maximum atomic E-state index is 11.3. The van der Waals surface area contributed by atoms with Gasteiger partial charge in [-0.25, -0.2) is 0 Å². The van der Waals surface area contributed by atoms with Crippen LogP contribution in [0.4, 0.5) is 29.0 Å². The van der Waals surface area contributed by atoms with E-state index in [0.29, 0.717) is 5.69 Å². The molecule has 2 aromatic carbocycles. The monoisotopic (exact) mass is 472 g/mol. The van der Waals surface area contributed by atoms with Crippen molar-refractivity contribution in [2.24, 2.45) is 0 Å². The Bertz CT molecular complexity index is 1320. The van der Waals surface area contributed by atoms with Gasteiger partial charge in [-0.15, -0.1) is 0 Å². The predicted molar refractivity (Wildman–Crippen MR) is 108 cm³/mol. The van der Waals surface area contributed by atoms with Crippen LogP contribution in [0.5, 0.6) is 0 Å². The molecular formula is C15H13ClN6O6S2. The summed E-state index contributed by atoms with van der Waals surface area (Å²) in [5, 5.41) is 5.27. The summed E-state index contributed by atoms with van der Waals surface area (Å²) in [6.07, 6.45) is 0. The molecule has 0 aliphatic heterocycles. The zero-order valence-electron chi connectivity index (χ0n) is 14.7. The van der Waals surface area contributed by atoms with E-state index >= 15 is 0 Å². The summed E-state index contributed by atoms with van der Waals surface area (Å²) in [7, 11) is -8.81. The van der Waals surface area contributed by atoms with Crippen LogP contribution >= 0.6 is 11.6 Å². The maximum Gasteiger partial charge on any atom is 0.294 e. The molecule has 0 fully saturated rings. The van der Waals surface area contributed by atoms with E-state index in [1.165, 1.54) is 30.3 Å². The third kappa shape index (κ3) is 5.52. The molecule has 0 unspecified atom stereocenters. The molecule has 30 heavy (non-hydrogen) atoms. The van der Waals surface area contributed by atoms with E-state index in [-0.39, 0.29) is 33.5 Å². The van der Waals surface area contributed by atoms with Crippen LogP contribution in [0, 0.1) is 0 Å². The van der Waals surface area contributed by atoms with Gasteiger partial charge in [0, 0.05) is 17.1 Å². The van der Waals surface area contributed by atoms with E-state index in [2.05, 4.69) is 25.6 Å². The highest BCUT2D eigenvalue weighted by Gasteiger charge is 2.13. The standard InChI is InChI=1S/C15H13ClN6O6S2/c16-13-20-14(18-9-1-3-11(4-2-9)29(23,24)25)22-15(21-13)19-10-5-8(17)6-12(7-10)30(26,27)28/h1-7H,17H2,(H,23,24,25)(H,26,27,28)(H2,18,19,20,21,22). The number of nitrogens with two attached hydrogens (primary N) is 1. The molecule has 12 nitrogen and oxygen atoms in total. The third-order valence-electron chi connectivity index (χ3n) is 3.50. The van der Waals surface area contributed by atoms with Gasteiger partial charge >= 0.3 is 0 Å². The minimum Gasteiger partial charge on any atom is -0.399 e. The quantitative estimate of drug-likeness (QED) is 0.259. The van der Waals surface area contributed by atoms with Crippen LogP contribution in [0.15, 0.2) is 52.3 Å². The Hall–Kier alpha value is -3.04. The summed E-state index contributed by atoms with van der Waals surface area (Å²) in [6.45, 7) is 0. The SMILES string of the molecule is Nc1cc(Nc2nc(Cl)nc(Nc3ccc(S(=O)(=O)O)cc3)n2)cc(S(=O)(=O)O)c1. The molecule has 3 aromatic rings. The number of hydrogen-bond donors (Lipinski definition) is 5. The molecule has 0 radical (unpaired) electrons. The molecule has 0 saturated heterocycles. The van der Waals surface area contributed by atoms with Crippen molar-refractivity contribution >= 4 is 60.8 Å². The Balaban J connectivity index is 1.87. The molecular weight excluding hydrogens is 460 g/mol. The molecule has 0 atom stereocenters. The molecule has 3 rings (SSSR count). The van der Waals surface area contributed by atoms with Gasteiger partial charge in [0.1, 0.15) is 0 Å². The molecule has 0 saturated carbocycles. The van der Waals surface area contributed by atoms with Crippen LogP contribution in [-0.2, 0) is 20.2 Å². The van der Waals surface area contributed by atoms with Gasteiger partial charge in [-0.05, 0) is 54.1 Å². The van der Waals surface area contributed by atoms with E-state index < -0.39 is 25.1 Å². The Labute approximate surface area is 175 Å². The van der Waals surface area contributed by atoms with Crippen molar-refractivity contribution in [1.29, 1.82) is 0 Å². The van der Waals surface area contributed by atoms with Crippen LogP contribution in [0.2, 0.25) is 5.28 Å². The first-order chi connectivity index (χ1) is 13.9. The number of aromatic nitrogens is 3. The normalized spacial score (nSPS) is 11.8. The van der Waals surface area contributed by atoms with Crippen molar-refractivity contribution in [1.82, 2.24) is 15.0 Å². The number of nitrogen functional groups attached to an aromatic ring is 1. The second kappa shape index (κ2) is 8.00. The average Bonchev–Trinajstić information content (AvgIpc) is 2.59. The van der Waals surface area contributed by atoms with Gasteiger partial charge in [0.15, 0.2) is 0 Å². The van der Waals surface area contributed by atoms with Gasteiger partial charge in [0.2, 0.25) is 17.2 Å². The number of anilines is 5. The van der Waals surface area contributed by atoms with Gasteiger partial charge < -0.3 is 16.4 Å².